The molecule has 1 N–H and O–H groups in total. The van der Waals surface area contributed by atoms with Gasteiger partial charge in [0.1, 0.15) is 18.3 Å². The van der Waals surface area contributed by atoms with Crippen LogP contribution in [0.3, 0.4) is 0 Å². The summed E-state index contributed by atoms with van der Waals surface area (Å²) in [5.41, 5.74) is 1.06. The molecule has 1 fully saturated rings. The molecule has 21 heavy (non-hydrogen) atoms. The Balaban J connectivity index is 1.84. The number of carbonyl (C=O) groups excluding carboxylic acids is 1. The lowest BCUT2D eigenvalue weighted by molar-refractivity contribution is -0.198. The van der Waals surface area contributed by atoms with Crippen LogP contribution in [-0.2, 0) is 25.6 Å². The second-order valence-electron chi connectivity index (χ2n) is 5.41. The molecule has 1 heterocycles. The fourth-order valence-electron chi connectivity index (χ4n) is 2.41. The first kappa shape index (κ1) is 15.9. The maximum absolute atomic E-state index is 11.1. The average molecular weight is 294 g/mol. The Hall–Kier alpha value is -1.43. The molecule has 0 aliphatic carbocycles. The average Bonchev–Trinajstić information content (AvgIpc) is 2.47. The summed E-state index contributed by atoms with van der Waals surface area (Å²) in [7, 11) is 0. The van der Waals surface area contributed by atoms with Crippen molar-refractivity contribution in [2.45, 2.75) is 38.8 Å². The van der Waals surface area contributed by atoms with Gasteiger partial charge in [0.15, 0.2) is 0 Å². The second kappa shape index (κ2) is 7.54. The van der Waals surface area contributed by atoms with Gasteiger partial charge in [-0.1, -0.05) is 37.3 Å². The zero-order valence-corrected chi connectivity index (χ0v) is 12.4. The van der Waals surface area contributed by atoms with Crippen LogP contribution in [0.25, 0.3) is 0 Å². The van der Waals surface area contributed by atoms with E-state index in [1.165, 1.54) is 6.92 Å². The summed E-state index contributed by atoms with van der Waals surface area (Å²) in [6.45, 7) is 4.39. The van der Waals surface area contributed by atoms with E-state index in [1.54, 1.807) is 0 Å². The van der Waals surface area contributed by atoms with Gasteiger partial charge in [-0.05, 0) is 5.56 Å². The third kappa shape index (κ3) is 4.52. The van der Waals surface area contributed by atoms with Gasteiger partial charge in [0, 0.05) is 12.8 Å². The lowest BCUT2D eigenvalue weighted by atomic mass is 9.94. The summed E-state index contributed by atoms with van der Waals surface area (Å²) < 4.78 is 16.4. The van der Waals surface area contributed by atoms with Gasteiger partial charge in [0.05, 0.1) is 19.8 Å². The van der Waals surface area contributed by atoms with Gasteiger partial charge in [-0.15, -0.1) is 0 Å². The normalized spacial score (nSPS) is 29.1. The molecule has 5 nitrogen and oxygen atoms in total. The Morgan fingerprint density at radius 3 is 2.76 bits per heavy atom. The number of ether oxygens (including phenoxy) is 3. The fourth-order valence-corrected chi connectivity index (χ4v) is 2.41. The molecule has 0 radical (unpaired) electrons. The highest BCUT2D eigenvalue weighted by Gasteiger charge is 2.39. The Morgan fingerprint density at radius 1 is 1.38 bits per heavy atom. The fraction of sp³-hybridized carbons (Fsp3) is 0.562. The first-order chi connectivity index (χ1) is 10.1. The van der Waals surface area contributed by atoms with E-state index in [2.05, 4.69) is 0 Å². The Kier molecular flexibility index (Phi) is 5.73. The quantitative estimate of drug-likeness (QED) is 0.834. The van der Waals surface area contributed by atoms with Crippen LogP contribution >= 0.6 is 0 Å². The van der Waals surface area contributed by atoms with Crippen molar-refractivity contribution >= 4 is 5.97 Å². The second-order valence-corrected chi connectivity index (χ2v) is 5.41. The minimum atomic E-state index is -0.867. The van der Waals surface area contributed by atoms with E-state index in [0.29, 0.717) is 13.2 Å². The van der Waals surface area contributed by atoms with Gasteiger partial charge >= 0.3 is 5.97 Å². The summed E-state index contributed by atoms with van der Waals surface area (Å²) in [4.78, 5) is 11.1. The van der Waals surface area contributed by atoms with Crippen molar-refractivity contribution in [2.75, 3.05) is 13.2 Å². The first-order valence-corrected chi connectivity index (χ1v) is 7.16. The largest absolute Gasteiger partial charge is 0.459 e. The highest BCUT2D eigenvalue weighted by atomic mass is 16.6. The number of hydrogen-bond acceptors (Lipinski definition) is 5. The molecule has 1 aromatic carbocycles. The maximum Gasteiger partial charge on any atom is 0.303 e. The molecule has 0 bridgehead atoms. The number of aliphatic hydroxyl groups excluding tert-OH is 1. The molecule has 1 saturated heterocycles. The molecule has 0 aromatic heterocycles. The lowest BCUT2D eigenvalue weighted by Gasteiger charge is -2.38. The van der Waals surface area contributed by atoms with Crippen molar-refractivity contribution in [1.29, 1.82) is 0 Å². The molecule has 2 rings (SSSR count). The van der Waals surface area contributed by atoms with Crippen LogP contribution in [0.1, 0.15) is 19.4 Å². The standard InChI is InChI=1S/C16H22O5/c1-11-8-20-14(15(18)16(11)21-12(2)17)10-19-9-13-6-4-3-5-7-13/h3-7,11,14-16,18H,8-10H2,1-2H3/t11?,14?,15-,16+/m0/s1. The smallest absolute Gasteiger partial charge is 0.303 e. The van der Waals surface area contributed by atoms with Crippen molar-refractivity contribution in [3.63, 3.8) is 0 Å². The zero-order chi connectivity index (χ0) is 15.2. The van der Waals surface area contributed by atoms with Crippen molar-refractivity contribution in [3.05, 3.63) is 35.9 Å². The number of aliphatic hydroxyl groups is 1. The van der Waals surface area contributed by atoms with Crippen LogP contribution in [0.2, 0.25) is 0 Å². The molecule has 2 unspecified atom stereocenters. The van der Waals surface area contributed by atoms with E-state index in [4.69, 9.17) is 14.2 Å². The van der Waals surface area contributed by atoms with E-state index >= 15 is 0 Å². The Bertz CT molecular complexity index is 447. The highest BCUT2D eigenvalue weighted by Crippen LogP contribution is 2.23. The molecule has 116 valence electrons. The lowest BCUT2D eigenvalue weighted by Crippen LogP contribution is -2.52. The van der Waals surface area contributed by atoms with Crippen LogP contribution in [-0.4, -0.2) is 42.6 Å². The molecule has 4 atom stereocenters. The number of hydrogen-bond donors (Lipinski definition) is 1. The summed E-state index contributed by atoms with van der Waals surface area (Å²) >= 11 is 0. The van der Waals surface area contributed by atoms with E-state index in [9.17, 15) is 9.90 Å². The summed E-state index contributed by atoms with van der Waals surface area (Å²) in [6, 6.07) is 9.79. The van der Waals surface area contributed by atoms with E-state index in [1.807, 2.05) is 37.3 Å². The van der Waals surface area contributed by atoms with Gasteiger partial charge in [-0.25, -0.2) is 0 Å². The van der Waals surface area contributed by atoms with Gasteiger partial charge in [0.2, 0.25) is 0 Å². The van der Waals surface area contributed by atoms with Crippen LogP contribution < -0.4 is 0 Å². The van der Waals surface area contributed by atoms with Gasteiger partial charge in [-0.2, -0.15) is 0 Å². The number of carbonyl (C=O) groups is 1. The van der Waals surface area contributed by atoms with Crippen molar-refractivity contribution in [3.8, 4) is 0 Å². The predicted octanol–water partition coefficient (Wildman–Crippen LogP) is 1.53. The van der Waals surface area contributed by atoms with Crippen LogP contribution in [0.15, 0.2) is 30.3 Å². The number of rotatable bonds is 5. The Labute approximate surface area is 124 Å². The topological polar surface area (TPSA) is 65.0 Å². The third-order valence-electron chi connectivity index (χ3n) is 3.55. The van der Waals surface area contributed by atoms with E-state index in [-0.39, 0.29) is 12.5 Å². The molecule has 5 heteroatoms. The zero-order valence-electron chi connectivity index (χ0n) is 12.4. The summed E-state index contributed by atoms with van der Waals surface area (Å²) in [5, 5.41) is 10.3. The molecular weight excluding hydrogens is 272 g/mol. The molecule has 0 amide bonds. The van der Waals surface area contributed by atoms with Crippen molar-refractivity contribution in [1.82, 2.24) is 0 Å². The highest BCUT2D eigenvalue weighted by molar-refractivity contribution is 5.66. The molecule has 0 saturated carbocycles. The number of esters is 1. The summed E-state index contributed by atoms with van der Waals surface area (Å²) in [5.74, 6) is -0.425. The van der Waals surface area contributed by atoms with Gasteiger partial charge < -0.3 is 19.3 Å². The predicted molar refractivity (Wildman–Crippen MR) is 76.6 cm³/mol. The third-order valence-corrected chi connectivity index (χ3v) is 3.55. The van der Waals surface area contributed by atoms with Crippen molar-refractivity contribution in [2.24, 2.45) is 5.92 Å². The van der Waals surface area contributed by atoms with Crippen LogP contribution in [0, 0.1) is 5.92 Å². The van der Waals surface area contributed by atoms with Gasteiger partial charge in [0.25, 0.3) is 0 Å². The van der Waals surface area contributed by atoms with Crippen LogP contribution in [0.4, 0.5) is 0 Å². The Morgan fingerprint density at radius 2 is 2.10 bits per heavy atom. The van der Waals surface area contributed by atoms with Crippen molar-refractivity contribution < 1.29 is 24.1 Å². The van der Waals surface area contributed by atoms with Gasteiger partial charge in [-0.3, -0.25) is 4.79 Å². The minimum absolute atomic E-state index is 0.0331. The molecule has 1 aliphatic heterocycles. The molecular formula is C16H22O5. The molecule has 1 aromatic rings. The minimum Gasteiger partial charge on any atom is -0.459 e. The molecule has 0 spiro atoms. The monoisotopic (exact) mass is 294 g/mol. The first-order valence-electron chi connectivity index (χ1n) is 7.16. The number of benzene rings is 1. The van der Waals surface area contributed by atoms with E-state index in [0.717, 1.165) is 5.56 Å². The molecule has 1 aliphatic rings. The maximum atomic E-state index is 11.1. The van der Waals surface area contributed by atoms with E-state index < -0.39 is 24.3 Å². The SMILES string of the molecule is CC(=O)O[C@@H]1C(C)COC(COCc2ccccc2)[C@@H]1O. The summed E-state index contributed by atoms with van der Waals surface area (Å²) in [6.07, 6.45) is -1.88. The van der Waals surface area contributed by atoms with Crippen LogP contribution in [0.5, 0.6) is 0 Å².